The van der Waals surface area contributed by atoms with Gasteiger partial charge in [-0.25, -0.2) is 4.39 Å². The second-order valence-electron chi connectivity index (χ2n) is 6.76. The minimum Gasteiger partial charge on any atom is -0.366 e. The third-order valence-electron chi connectivity index (χ3n) is 4.91. The molecular weight excluding hydrogens is 365 g/mol. The fraction of sp³-hybridized carbons (Fsp3) is 0.300. The fourth-order valence-corrected chi connectivity index (χ4v) is 3.25. The molecule has 0 spiro atoms. The Hall–Kier alpha value is -3.29. The molecule has 1 saturated heterocycles. The minimum atomic E-state index is -0.502. The molecule has 0 unspecified atom stereocenters. The van der Waals surface area contributed by atoms with E-state index in [1.54, 1.807) is 36.1 Å². The standard InChI is InChI=1S/C20H20FN3O4/c1-13-3-4-16(12-19(13)24(27)28)20(26)23-9-7-22(8-10-23)18-6-5-15(14(2)25)11-17(18)21/h3-6,11-12H,7-10H2,1-2H3. The number of piperazine rings is 1. The Morgan fingerprint density at radius 1 is 1.04 bits per heavy atom. The van der Waals surface area contributed by atoms with E-state index < -0.39 is 10.7 Å². The van der Waals surface area contributed by atoms with Crippen LogP contribution in [0, 0.1) is 22.9 Å². The van der Waals surface area contributed by atoms with E-state index in [0.717, 1.165) is 0 Å². The lowest BCUT2D eigenvalue weighted by atomic mass is 10.1. The van der Waals surface area contributed by atoms with Gasteiger partial charge in [0.05, 0.1) is 10.6 Å². The van der Waals surface area contributed by atoms with Gasteiger partial charge in [0.2, 0.25) is 0 Å². The predicted octanol–water partition coefficient (Wildman–Crippen LogP) is 3.21. The molecule has 0 saturated carbocycles. The molecule has 1 amide bonds. The second-order valence-corrected chi connectivity index (χ2v) is 6.76. The third-order valence-corrected chi connectivity index (χ3v) is 4.91. The zero-order valence-corrected chi connectivity index (χ0v) is 15.6. The van der Waals surface area contributed by atoms with E-state index in [1.807, 2.05) is 4.90 Å². The summed E-state index contributed by atoms with van der Waals surface area (Å²) in [6, 6.07) is 8.83. The summed E-state index contributed by atoms with van der Waals surface area (Å²) in [5, 5.41) is 11.1. The Kier molecular flexibility index (Phi) is 5.39. The number of rotatable bonds is 4. The van der Waals surface area contributed by atoms with Gasteiger partial charge < -0.3 is 9.80 Å². The number of halogens is 1. The van der Waals surface area contributed by atoms with E-state index in [4.69, 9.17) is 0 Å². The molecule has 1 aliphatic heterocycles. The van der Waals surface area contributed by atoms with Crippen LogP contribution < -0.4 is 4.90 Å². The number of nitrogens with zero attached hydrogens (tertiary/aromatic N) is 3. The zero-order valence-electron chi connectivity index (χ0n) is 15.6. The molecule has 1 fully saturated rings. The van der Waals surface area contributed by atoms with Crippen molar-refractivity contribution >= 4 is 23.1 Å². The number of carbonyl (C=O) groups is 2. The van der Waals surface area contributed by atoms with Gasteiger partial charge in [-0.3, -0.25) is 19.7 Å². The van der Waals surface area contributed by atoms with Gasteiger partial charge in [-0.15, -0.1) is 0 Å². The molecule has 0 atom stereocenters. The molecule has 28 heavy (non-hydrogen) atoms. The van der Waals surface area contributed by atoms with Crippen LogP contribution in [0.25, 0.3) is 0 Å². The molecule has 0 radical (unpaired) electrons. The topological polar surface area (TPSA) is 83.8 Å². The Bertz CT molecular complexity index is 952. The van der Waals surface area contributed by atoms with Crippen LogP contribution in [0.1, 0.15) is 33.2 Å². The summed E-state index contributed by atoms with van der Waals surface area (Å²) >= 11 is 0. The molecule has 1 aliphatic rings. The highest BCUT2D eigenvalue weighted by molar-refractivity contribution is 5.95. The monoisotopic (exact) mass is 385 g/mol. The molecule has 0 aliphatic carbocycles. The molecular formula is C20H20FN3O4. The smallest absolute Gasteiger partial charge is 0.273 e. The summed E-state index contributed by atoms with van der Waals surface area (Å²) in [6.07, 6.45) is 0. The molecule has 3 rings (SSSR count). The van der Waals surface area contributed by atoms with E-state index in [2.05, 4.69) is 0 Å². The first kappa shape index (κ1) is 19.5. The number of ketones is 1. The lowest BCUT2D eigenvalue weighted by Gasteiger charge is -2.36. The number of Topliss-reactive ketones (excluding diaryl/α,β-unsaturated/α-hetero) is 1. The molecule has 1 heterocycles. The van der Waals surface area contributed by atoms with Crippen LogP contribution in [0.2, 0.25) is 0 Å². The van der Waals surface area contributed by atoms with E-state index in [0.29, 0.717) is 43.0 Å². The molecule has 146 valence electrons. The van der Waals surface area contributed by atoms with Crippen molar-refractivity contribution in [2.45, 2.75) is 13.8 Å². The van der Waals surface area contributed by atoms with Crippen LogP contribution in [-0.4, -0.2) is 47.7 Å². The highest BCUT2D eigenvalue weighted by Crippen LogP contribution is 2.24. The molecule has 2 aromatic carbocycles. The van der Waals surface area contributed by atoms with Gasteiger partial charge in [0.15, 0.2) is 5.78 Å². The number of nitro groups is 1. The van der Waals surface area contributed by atoms with Gasteiger partial charge in [-0.1, -0.05) is 6.07 Å². The van der Waals surface area contributed by atoms with Crippen molar-refractivity contribution in [2.75, 3.05) is 31.1 Å². The summed E-state index contributed by atoms with van der Waals surface area (Å²) in [4.78, 5) is 38.1. The predicted molar refractivity (Wildman–Crippen MR) is 102 cm³/mol. The van der Waals surface area contributed by atoms with Gasteiger partial charge in [0.25, 0.3) is 11.6 Å². The van der Waals surface area contributed by atoms with Crippen molar-refractivity contribution in [3.05, 3.63) is 69.0 Å². The first-order valence-electron chi connectivity index (χ1n) is 8.87. The van der Waals surface area contributed by atoms with E-state index in [-0.39, 0.29) is 22.9 Å². The largest absolute Gasteiger partial charge is 0.366 e. The number of amides is 1. The number of carbonyl (C=O) groups excluding carboxylic acids is 2. The van der Waals surface area contributed by atoms with Crippen LogP contribution in [-0.2, 0) is 0 Å². The Morgan fingerprint density at radius 2 is 1.68 bits per heavy atom. The maximum atomic E-state index is 14.3. The number of aryl methyl sites for hydroxylation is 1. The summed E-state index contributed by atoms with van der Waals surface area (Å²) in [5.74, 6) is -0.954. The highest BCUT2D eigenvalue weighted by Gasteiger charge is 2.25. The van der Waals surface area contributed by atoms with Crippen molar-refractivity contribution in [1.82, 2.24) is 4.90 Å². The number of hydrogen-bond acceptors (Lipinski definition) is 5. The third kappa shape index (κ3) is 3.85. The van der Waals surface area contributed by atoms with Crippen LogP contribution >= 0.6 is 0 Å². The van der Waals surface area contributed by atoms with Crippen molar-refractivity contribution in [3.63, 3.8) is 0 Å². The zero-order chi connectivity index (χ0) is 20.4. The Labute approximate surface area is 161 Å². The lowest BCUT2D eigenvalue weighted by Crippen LogP contribution is -2.49. The van der Waals surface area contributed by atoms with E-state index >= 15 is 0 Å². The van der Waals surface area contributed by atoms with Gasteiger partial charge in [0.1, 0.15) is 5.82 Å². The van der Waals surface area contributed by atoms with Crippen LogP contribution in [0.3, 0.4) is 0 Å². The SMILES string of the molecule is CC(=O)c1ccc(N2CCN(C(=O)c3ccc(C)c([N+](=O)[O-])c3)CC2)c(F)c1. The Balaban J connectivity index is 1.70. The van der Waals surface area contributed by atoms with Gasteiger partial charge in [0, 0.05) is 48.9 Å². The molecule has 0 bridgehead atoms. The molecule has 0 aromatic heterocycles. The summed E-state index contributed by atoms with van der Waals surface area (Å²) in [5.41, 5.74) is 1.38. The first-order valence-corrected chi connectivity index (χ1v) is 8.87. The quantitative estimate of drug-likeness (QED) is 0.458. The Morgan fingerprint density at radius 3 is 2.25 bits per heavy atom. The van der Waals surface area contributed by atoms with E-state index in [9.17, 15) is 24.1 Å². The van der Waals surface area contributed by atoms with Gasteiger partial charge in [-0.05, 0) is 38.1 Å². The van der Waals surface area contributed by atoms with Crippen LogP contribution in [0.15, 0.2) is 36.4 Å². The average Bonchev–Trinajstić information content (AvgIpc) is 2.67. The van der Waals surface area contributed by atoms with Gasteiger partial charge >= 0.3 is 0 Å². The molecule has 8 heteroatoms. The van der Waals surface area contributed by atoms with Gasteiger partial charge in [-0.2, -0.15) is 0 Å². The maximum absolute atomic E-state index is 14.3. The van der Waals surface area contributed by atoms with Crippen molar-refractivity contribution in [2.24, 2.45) is 0 Å². The van der Waals surface area contributed by atoms with E-state index in [1.165, 1.54) is 19.1 Å². The minimum absolute atomic E-state index is 0.0860. The number of hydrogen-bond donors (Lipinski definition) is 0. The average molecular weight is 385 g/mol. The molecule has 0 N–H and O–H groups in total. The number of anilines is 1. The lowest BCUT2D eigenvalue weighted by molar-refractivity contribution is -0.385. The normalized spacial score (nSPS) is 14.1. The van der Waals surface area contributed by atoms with Crippen molar-refractivity contribution < 1.29 is 18.9 Å². The summed E-state index contributed by atoms with van der Waals surface area (Å²) in [7, 11) is 0. The number of benzene rings is 2. The highest BCUT2D eigenvalue weighted by atomic mass is 19.1. The number of nitro benzene ring substituents is 1. The van der Waals surface area contributed by atoms with Crippen LogP contribution in [0.4, 0.5) is 15.8 Å². The fourth-order valence-electron chi connectivity index (χ4n) is 3.25. The van der Waals surface area contributed by atoms with Crippen molar-refractivity contribution in [1.29, 1.82) is 0 Å². The molecule has 2 aromatic rings. The molecule has 7 nitrogen and oxygen atoms in total. The van der Waals surface area contributed by atoms with Crippen molar-refractivity contribution in [3.8, 4) is 0 Å². The second kappa shape index (κ2) is 7.75. The summed E-state index contributed by atoms with van der Waals surface area (Å²) in [6.45, 7) is 4.60. The van der Waals surface area contributed by atoms with Crippen LogP contribution in [0.5, 0.6) is 0 Å². The summed E-state index contributed by atoms with van der Waals surface area (Å²) < 4.78 is 14.3. The maximum Gasteiger partial charge on any atom is 0.273 e. The first-order chi connectivity index (χ1) is 13.3.